The summed E-state index contributed by atoms with van der Waals surface area (Å²) >= 11 is 1.27. The maximum absolute atomic E-state index is 12.7. The van der Waals surface area contributed by atoms with Gasteiger partial charge in [0.15, 0.2) is 0 Å². The van der Waals surface area contributed by atoms with Crippen LogP contribution in [-0.2, 0) is 22.3 Å². The molecule has 2 aromatic rings. The first-order chi connectivity index (χ1) is 12.8. The summed E-state index contributed by atoms with van der Waals surface area (Å²) in [5.74, 6) is -0.900. The van der Waals surface area contributed by atoms with Crippen LogP contribution in [0.15, 0.2) is 41.8 Å². The van der Waals surface area contributed by atoms with Gasteiger partial charge in [-0.05, 0) is 25.0 Å². The van der Waals surface area contributed by atoms with E-state index in [0.29, 0.717) is 29.1 Å². The van der Waals surface area contributed by atoms with Crippen molar-refractivity contribution in [3.05, 3.63) is 53.1 Å². The molecule has 2 amide bonds. The van der Waals surface area contributed by atoms with Gasteiger partial charge in [-0.1, -0.05) is 24.3 Å². The van der Waals surface area contributed by atoms with Crippen LogP contribution in [0.1, 0.15) is 24.1 Å². The number of hydrogen-bond acceptors (Lipinski definition) is 4. The summed E-state index contributed by atoms with van der Waals surface area (Å²) in [5.41, 5.74) is 0.409. The molecule has 1 saturated heterocycles. The summed E-state index contributed by atoms with van der Waals surface area (Å²) in [4.78, 5) is 30.7. The van der Waals surface area contributed by atoms with E-state index in [1.165, 1.54) is 28.4 Å². The van der Waals surface area contributed by atoms with Crippen LogP contribution in [0.2, 0.25) is 0 Å². The number of nitrogens with zero attached hydrogens (tertiary/aromatic N) is 2. The smallest absolute Gasteiger partial charge is 0.276 e. The molecule has 2 heterocycles. The molecule has 0 radical (unpaired) electrons. The molecule has 2 aliphatic rings. The number of benzene rings is 1. The zero-order valence-electron chi connectivity index (χ0n) is 14.1. The maximum atomic E-state index is 12.7. The normalized spacial score (nSPS) is 22.4. The van der Waals surface area contributed by atoms with Gasteiger partial charge in [0.05, 0.1) is 29.6 Å². The molecule has 0 saturated carbocycles. The standard InChI is InChI=1S/C19H15F3N2O2S/c20-19(21,22)12-7-5-11(6-8-12)16-23-13(10-27-16)9-24-17(25)14-3-1-2-4-15(14)18(24)26/h1-2,5-8,10,14-15H,3-4,9H2. The van der Waals surface area contributed by atoms with Crippen molar-refractivity contribution in [1.82, 2.24) is 9.88 Å². The summed E-state index contributed by atoms with van der Waals surface area (Å²) < 4.78 is 38.0. The zero-order chi connectivity index (χ0) is 19.2. The molecule has 0 bridgehead atoms. The van der Waals surface area contributed by atoms with Gasteiger partial charge in [-0.3, -0.25) is 14.5 Å². The highest BCUT2D eigenvalue weighted by molar-refractivity contribution is 7.13. The molecule has 4 rings (SSSR count). The average molecular weight is 392 g/mol. The fourth-order valence-corrected chi connectivity index (χ4v) is 4.32. The van der Waals surface area contributed by atoms with Gasteiger partial charge in [0.2, 0.25) is 11.8 Å². The lowest BCUT2D eigenvalue weighted by Crippen LogP contribution is -2.30. The van der Waals surface area contributed by atoms with Crippen LogP contribution in [0.5, 0.6) is 0 Å². The first-order valence-corrected chi connectivity index (χ1v) is 9.35. The lowest BCUT2D eigenvalue weighted by Gasteiger charge is -2.14. The molecule has 140 valence electrons. The number of imide groups is 1. The van der Waals surface area contributed by atoms with Crippen LogP contribution < -0.4 is 0 Å². The van der Waals surface area contributed by atoms with E-state index in [2.05, 4.69) is 4.98 Å². The van der Waals surface area contributed by atoms with Crippen LogP contribution in [0.3, 0.4) is 0 Å². The SMILES string of the molecule is O=C1C2CC=CCC2C(=O)N1Cc1csc(-c2ccc(C(F)(F)F)cc2)n1. The number of alkyl halides is 3. The molecule has 0 N–H and O–H groups in total. The number of hydrogen-bond donors (Lipinski definition) is 0. The molecule has 1 aliphatic carbocycles. The largest absolute Gasteiger partial charge is 0.416 e. The minimum absolute atomic E-state index is 0.0990. The van der Waals surface area contributed by atoms with Crippen molar-refractivity contribution in [3.8, 4) is 10.6 Å². The van der Waals surface area contributed by atoms with E-state index in [-0.39, 0.29) is 30.2 Å². The number of aromatic nitrogens is 1. The summed E-state index contributed by atoms with van der Waals surface area (Å²) in [6.45, 7) is 0.0990. The molecule has 1 aromatic carbocycles. The highest BCUT2D eigenvalue weighted by Gasteiger charge is 2.47. The van der Waals surface area contributed by atoms with Crippen molar-refractivity contribution in [2.75, 3.05) is 0 Å². The average Bonchev–Trinajstić information content (AvgIpc) is 3.21. The van der Waals surface area contributed by atoms with Gasteiger partial charge in [-0.2, -0.15) is 13.2 Å². The predicted octanol–water partition coefficient (Wildman–Crippen LogP) is 4.28. The number of allylic oxidation sites excluding steroid dienone is 2. The monoisotopic (exact) mass is 392 g/mol. The van der Waals surface area contributed by atoms with E-state index in [9.17, 15) is 22.8 Å². The molecule has 0 spiro atoms. The Labute approximate surface area is 157 Å². The number of halogens is 3. The molecule has 1 aliphatic heterocycles. The topological polar surface area (TPSA) is 50.3 Å². The fourth-order valence-electron chi connectivity index (χ4n) is 3.50. The van der Waals surface area contributed by atoms with Crippen molar-refractivity contribution < 1.29 is 22.8 Å². The lowest BCUT2D eigenvalue weighted by atomic mass is 9.85. The second-order valence-electron chi connectivity index (χ2n) is 6.64. The van der Waals surface area contributed by atoms with E-state index in [0.717, 1.165) is 12.1 Å². The highest BCUT2D eigenvalue weighted by atomic mass is 32.1. The van der Waals surface area contributed by atoms with Crippen LogP contribution in [0.25, 0.3) is 10.6 Å². The van der Waals surface area contributed by atoms with Crippen molar-refractivity contribution in [1.29, 1.82) is 0 Å². The van der Waals surface area contributed by atoms with Gasteiger partial charge < -0.3 is 0 Å². The first kappa shape index (κ1) is 17.9. The summed E-state index contributed by atoms with van der Waals surface area (Å²) in [6, 6.07) is 4.78. The Morgan fingerprint density at radius 1 is 1.04 bits per heavy atom. The third-order valence-electron chi connectivity index (χ3n) is 4.93. The minimum atomic E-state index is -4.38. The van der Waals surface area contributed by atoms with Crippen LogP contribution in [0, 0.1) is 11.8 Å². The van der Waals surface area contributed by atoms with Crippen molar-refractivity contribution in [3.63, 3.8) is 0 Å². The molecular weight excluding hydrogens is 377 g/mol. The number of likely N-dealkylation sites (tertiary alicyclic amines) is 1. The van der Waals surface area contributed by atoms with E-state index in [4.69, 9.17) is 0 Å². The summed E-state index contributed by atoms with van der Waals surface area (Å²) in [7, 11) is 0. The van der Waals surface area contributed by atoms with Crippen molar-refractivity contribution >= 4 is 23.2 Å². The Morgan fingerprint density at radius 2 is 1.63 bits per heavy atom. The Morgan fingerprint density at radius 3 is 2.19 bits per heavy atom. The molecule has 2 unspecified atom stereocenters. The van der Waals surface area contributed by atoms with E-state index < -0.39 is 11.7 Å². The van der Waals surface area contributed by atoms with Crippen LogP contribution in [-0.4, -0.2) is 21.7 Å². The maximum Gasteiger partial charge on any atom is 0.416 e. The van der Waals surface area contributed by atoms with Gasteiger partial charge in [0, 0.05) is 10.9 Å². The summed E-state index contributed by atoms with van der Waals surface area (Å²) in [6.07, 6.45) is 0.650. The quantitative estimate of drug-likeness (QED) is 0.579. The lowest BCUT2D eigenvalue weighted by molar-refractivity contribution is -0.141. The van der Waals surface area contributed by atoms with Crippen LogP contribution >= 0.6 is 11.3 Å². The molecule has 2 atom stereocenters. The van der Waals surface area contributed by atoms with Crippen molar-refractivity contribution in [2.45, 2.75) is 25.6 Å². The Hall–Kier alpha value is -2.48. The van der Waals surface area contributed by atoms with Gasteiger partial charge in [-0.15, -0.1) is 11.3 Å². The number of amides is 2. The third kappa shape index (κ3) is 3.29. The first-order valence-electron chi connectivity index (χ1n) is 8.47. The Kier molecular flexibility index (Phi) is 4.38. The van der Waals surface area contributed by atoms with Gasteiger partial charge >= 0.3 is 6.18 Å². The molecule has 27 heavy (non-hydrogen) atoms. The van der Waals surface area contributed by atoms with Crippen molar-refractivity contribution in [2.24, 2.45) is 11.8 Å². The number of carbonyl (C=O) groups excluding carboxylic acids is 2. The fraction of sp³-hybridized carbons (Fsp3) is 0.316. The highest BCUT2D eigenvalue weighted by Crippen LogP contribution is 2.36. The van der Waals surface area contributed by atoms with Gasteiger partial charge in [0.25, 0.3) is 0 Å². The van der Waals surface area contributed by atoms with Crippen LogP contribution in [0.4, 0.5) is 13.2 Å². The molecule has 4 nitrogen and oxygen atoms in total. The molecule has 1 aromatic heterocycles. The van der Waals surface area contributed by atoms with Gasteiger partial charge in [-0.25, -0.2) is 4.98 Å². The number of rotatable bonds is 3. The molecular formula is C19H15F3N2O2S. The molecule has 1 fully saturated rings. The second-order valence-corrected chi connectivity index (χ2v) is 7.50. The Bertz CT molecular complexity index is 892. The number of thiazole rings is 1. The second kappa shape index (κ2) is 6.60. The van der Waals surface area contributed by atoms with E-state index >= 15 is 0 Å². The molecule has 8 heteroatoms. The van der Waals surface area contributed by atoms with E-state index in [1.54, 1.807) is 5.38 Å². The number of fused-ring (bicyclic) bond motifs is 1. The number of carbonyl (C=O) groups is 2. The van der Waals surface area contributed by atoms with E-state index in [1.807, 2.05) is 12.2 Å². The third-order valence-corrected chi connectivity index (χ3v) is 5.87. The predicted molar refractivity (Wildman–Crippen MR) is 93.5 cm³/mol. The summed E-state index contributed by atoms with van der Waals surface area (Å²) in [5, 5.41) is 2.28. The zero-order valence-corrected chi connectivity index (χ0v) is 14.9. The Balaban J connectivity index is 1.50. The minimum Gasteiger partial charge on any atom is -0.276 e. The van der Waals surface area contributed by atoms with Gasteiger partial charge in [0.1, 0.15) is 5.01 Å².